The Kier molecular flexibility index (Phi) is 6.71. The number of allylic oxidation sites excluding steroid dienone is 2. The van der Waals surface area contributed by atoms with Crippen LogP contribution in [0.25, 0.3) is 11.0 Å². The van der Waals surface area contributed by atoms with E-state index >= 15 is 0 Å². The molecule has 0 fully saturated rings. The molecule has 0 aliphatic carbocycles. The molecule has 1 aromatic carbocycles. The molecule has 3 N–H and O–H groups in total. The van der Waals surface area contributed by atoms with E-state index in [2.05, 4.69) is 23.6 Å². The van der Waals surface area contributed by atoms with Crippen LogP contribution >= 0.6 is 11.8 Å². The molecule has 2 rings (SSSR count). The molecular weight excluding hydrogens is 328 g/mol. The zero-order valence-corrected chi connectivity index (χ0v) is 15.3. The molecule has 25 heavy (non-hydrogen) atoms. The van der Waals surface area contributed by atoms with E-state index in [0.29, 0.717) is 17.0 Å². The van der Waals surface area contributed by atoms with Gasteiger partial charge in [-0.2, -0.15) is 0 Å². The predicted molar refractivity (Wildman–Crippen MR) is 111 cm³/mol. The van der Waals surface area contributed by atoms with Gasteiger partial charge in [0, 0.05) is 22.4 Å². The highest BCUT2D eigenvalue weighted by atomic mass is 32.2. The molecule has 0 saturated carbocycles. The third-order valence-corrected chi connectivity index (χ3v) is 4.68. The van der Waals surface area contributed by atoms with Gasteiger partial charge in [0.15, 0.2) is 0 Å². The van der Waals surface area contributed by atoms with Crippen molar-refractivity contribution >= 4 is 40.9 Å². The summed E-state index contributed by atoms with van der Waals surface area (Å²) in [6, 6.07) is 11.4. The highest BCUT2D eigenvalue weighted by Crippen LogP contribution is 2.33. The maximum absolute atomic E-state index is 8.26. The second-order valence-electron chi connectivity index (χ2n) is 5.31. The van der Waals surface area contributed by atoms with Gasteiger partial charge in [-0.15, -0.1) is 11.8 Å². The highest BCUT2D eigenvalue weighted by Gasteiger charge is 2.10. The molecule has 0 saturated heterocycles. The average molecular weight is 350 g/mol. The first-order valence-corrected chi connectivity index (χ1v) is 8.93. The van der Waals surface area contributed by atoms with Gasteiger partial charge in [-0.1, -0.05) is 25.1 Å². The molecule has 1 heterocycles. The van der Waals surface area contributed by atoms with Crippen molar-refractivity contribution in [2.45, 2.75) is 13.8 Å². The molecular formula is C20H22N4S. The Labute approximate surface area is 153 Å². The van der Waals surface area contributed by atoms with Gasteiger partial charge in [-0.25, -0.2) is 0 Å². The Morgan fingerprint density at radius 1 is 1.36 bits per heavy atom. The quantitative estimate of drug-likeness (QED) is 0.551. The van der Waals surface area contributed by atoms with Crippen molar-refractivity contribution < 1.29 is 0 Å². The van der Waals surface area contributed by atoms with E-state index < -0.39 is 0 Å². The van der Waals surface area contributed by atoms with Crippen LogP contribution in [0.3, 0.4) is 0 Å². The summed E-state index contributed by atoms with van der Waals surface area (Å²) < 4.78 is 0. The van der Waals surface area contributed by atoms with E-state index in [0.717, 1.165) is 27.6 Å². The molecule has 4 nitrogen and oxygen atoms in total. The van der Waals surface area contributed by atoms with Crippen LogP contribution < -0.4 is 5.73 Å². The molecule has 0 spiro atoms. The largest absolute Gasteiger partial charge is 0.398 e. The number of hydrogen-bond donors (Lipinski definition) is 2. The normalized spacial score (nSPS) is 12.1. The Bertz CT molecular complexity index is 823. The van der Waals surface area contributed by atoms with Crippen LogP contribution in [0.4, 0.5) is 5.69 Å². The van der Waals surface area contributed by atoms with Gasteiger partial charge in [0.05, 0.1) is 17.1 Å². The van der Waals surface area contributed by atoms with Crippen molar-refractivity contribution in [3.63, 3.8) is 0 Å². The highest BCUT2D eigenvalue weighted by molar-refractivity contribution is 8.08. The minimum atomic E-state index is 0.349. The Morgan fingerprint density at radius 2 is 2.16 bits per heavy atom. The molecule has 1 aromatic heterocycles. The summed E-state index contributed by atoms with van der Waals surface area (Å²) in [5.74, 6) is 0.937. The van der Waals surface area contributed by atoms with E-state index in [1.807, 2.05) is 43.3 Å². The Morgan fingerprint density at radius 3 is 2.76 bits per heavy atom. The average Bonchev–Trinajstić information content (AvgIpc) is 2.64. The van der Waals surface area contributed by atoms with Gasteiger partial charge in [-0.3, -0.25) is 9.98 Å². The van der Waals surface area contributed by atoms with Crippen LogP contribution in [-0.2, 0) is 0 Å². The summed E-state index contributed by atoms with van der Waals surface area (Å²) in [5, 5.41) is 8.26. The summed E-state index contributed by atoms with van der Waals surface area (Å²) in [6.45, 7) is 7.64. The molecule has 0 atom stereocenters. The second kappa shape index (κ2) is 8.99. The molecule has 5 heteroatoms. The van der Waals surface area contributed by atoms with Gasteiger partial charge in [-0.05, 0) is 55.3 Å². The first kappa shape index (κ1) is 18.7. The standard InChI is InChI=1S/C20H22N4S/c1-4-25-20(14(2)23-3)15-8-10-17(19(22)13-15)18(21)11-9-16-7-5-6-12-24-16/h5-13,21H,3-4,22H2,1-2H3/b11-9+,20-14-,21-18?. The lowest BCUT2D eigenvalue weighted by molar-refractivity contribution is 1.30. The molecule has 0 unspecified atom stereocenters. The van der Waals surface area contributed by atoms with Crippen LogP contribution in [0.2, 0.25) is 0 Å². The summed E-state index contributed by atoms with van der Waals surface area (Å²) >= 11 is 1.71. The molecule has 2 aromatic rings. The summed E-state index contributed by atoms with van der Waals surface area (Å²) in [5.41, 5.74) is 10.5. The molecule has 0 aliphatic rings. The van der Waals surface area contributed by atoms with Gasteiger partial charge in [0.2, 0.25) is 0 Å². The van der Waals surface area contributed by atoms with Crippen molar-refractivity contribution in [2.24, 2.45) is 4.99 Å². The van der Waals surface area contributed by atoms with Crippen molar-refractivity contribution in [2.75, 3.05) is 11.5 Å². The van der Waals surface area contributed by atoms with Crippen molar-refractivity contribution in [1.82, 2.24) is 4.98 Å². The van der Waals surface area contributed by atoms with Crippen LogP contribution in [0.1, 0.15) is 30.7 Å². The fourth-order valence-corrected chi connectivity index (χ4v) is 3.15. The predicted octanol–water partition coefficient (Wildman–Crippen LogP) is 4.89. The van der Waals surface area contributed by atoms with Gasteiger partial charge < -0.3 is 11.1 Å². The monoisotopic (exact) mass is 350 g/mol. The minimum Gasteiger partial charge on any atom is -0.398 e. The molecule has 0 radical (unpaired) electrons. The van der Waals surface area contributed by atoms with Crippen molar-refractivity contribution in [3.05, 3.63) is 71.2 Å². The first-order valence-electron chi connectivity index (χ1n) is 7.95. The number of nitrogen functional groups attached to an aromatic ring is 1. The summed E-state index contributed by atoms with van der Waals surface area (Å²) in [7, 11) is 0. The fourth-order valence-electron chi connectivity index (χ4n) is 2.30. The van der Waals surface area contributed by atoms with Gasteiger partial charge >= 0.3 is 0 Å². The van der Waals surface area contributed by atoms with Crippen molar-refractivity contribution in [3.8, 4) is 0 Å². The molecule has 0 amide bonds. The third-order valence-electron chi connectivity index (χ3n) is 3.57. The van der Waals surface area contributed by atoms with E-state index in [1.54, 1.807) is 30.1 Å². The number of aliphatic imine (C=N–C) groups is 1. The van der Waals surface area contributed by atoms with Crippen LogP contribution in [0, 0.1) is 5.41 Å². The van der Waals surface area contributed by atoms with Gasteiger partial charge in [0.25, 0.3) is 0 Å². The molecule has 0 aliphatic heterocycles. The fraction of sp³-hybridized carbons (Fsp3) is 0.150. The lowest BCUT2D eigenvalue weighted by Gasteiger charge is -2.11. The topological polar surface area (TPSA) is 75.1 Å². The number of aromatic nitrogens is 1. The number of nitrogens with two attached hydrogens (primary N) is 1. The van der Waals surface area contributed by atoms with E-state index in [4.69, 9.17) is 11.1 Å². The smallest absolute Gasteiger partial charge is 0.0633 e. The lowest BCUT2D eigenvalue weighted by atomic mass is 10.0. The molecule has 128 valence electrons. The summed E-state index contributed by atoms with van der Waals surface area (Å²) in [4.78, 5) is 9.32. The maximum atomic E-state index is 8.26. The third kappa shape index (κ3) is 4.90. The molecule has 0 bridgehead atoms. The van der Waals surface area contributed by atoms with E-state index in [1.165, 1.54) is 0 Å². The van der Waals surface area contributed by atoms with Crippen LogP contribution in [0.15, 0.2) is 59.4 Å². The Hall–Kier alpha value is -2.66. The number of hydrogen-bond acceptors (Lipinski definition) is 5. The second-order valence-corrected chi connectivity index (χ2v) is 6.58. The number of pyridine rings is 1. The van der Waals surface area contributed by atoms with Crippen LogP contribution in [0.5, 0.6) is 0 Å². The minimum absolute atomic E-state index is 0.349. The van der Waals surface area contributed by atoms with Crippen molar-refractivity contribution in [1.29, 1.82) is 5.41 Å². The maximum Gasteiger partial charge on any atom is 0.0633 e. The lowest BCUT2D eigenvalue weighted by Crippen LogP contribution is -2.02. The van der Waals surface area contributed by atoms with Gasteiger partial charge in [0.1, 0.15) is 0 Å². The number of rotatable bonds is 7. The number of thioether (sulfide) groups is 1. The zero-order valence-electron chi connectivity index (χ0n) is 14.5. The van der Waals surface area contributed by atoms with E-state index in [-0.39, 0.29) is 0 Å². The van der Waals surface area contributed by atoms with Crippen LogP contribution in [-0.4, -0.2) is 23.2 Å². The number of nitrogens with one attached hydrogen (secondary N) is 1. The number of benzene rings is 1. The SMILES string of the molecule is C=N/C(C)=C(\SCC)c1ccc(C(=N)/C=C/c2ccccn2)c(N)c1. The zero-order chi connectivity index (χ0) is 18.2. The van der Waals surface area contributed by atoms with E-state index in [9.17, 15) is 0 Å². The first-order chi connectivity index (χ1) is 12.1. The number of nitrogens with zero attached hydrogens (tertiary/aromatic N) is 2. The summed E-state index contributed by atoms with van der Waals surface area (Å²) in [6.07, 6.45) is 5.24. The Balaban J connectivity index is 2.28. The number of anilines is 1.